The molecule has 0 aliphatic rings. The van der Waals surface area contributed by atoms with Gasteiger partial charge in [-0.1, -0.05) is 29.8 Å². The number of benzene rings is 2. The molecule has 0 fully saturated rings. The smallest absolute Gasteiger partial charge is 0.251 e. The van der Waals surface area contributed by atoms with Crippen LogP contribution in [-0.4, -0.2) is 60.1 Å². The molecule has 0 aliphatic heterocycles. The minimum atomic E-state index is -3.64. The van der Waals surface area contributed by atoms with Crippen molar-refractivity contribution in [3.8, 4) is 0 Å². The fraction of sp³-hybridized carbons (Fsp3) is 0.350. The fourth-order valence-electron chi connectivity index (χ4n) is 2.75. The van der Waals surface area contributed by atoms with Gasteiger partial charge in [0.15, 0.2) is 0 Å². The van der Waals surface area contributed by atoms with Gasteiger partial charge in [-0.2, -0.15) is 0 Å². The van der Waals surface area contributed by atoms with E-state index in [0.29, 0.717) is 17.1 Å². The molecule has 29 heavy (non-hydrogen) atoms. The topological polar surface area (TPSA) is 87.7 Å². The minimum Gasteiger partial charge on any atom is -0.383 e. The van der Waals surface area contributed by atoms with Crippen LogP contribution in [0, 0.1) is 0 Å². The summed E-state index contributed by atoms with van der Waals surface area (Å²) in [4.78, 5) is 14.6. The Hall–Kier alpha value is -1.97. The Balaban J connectivity index is 2.04. The van der Waals surface area contributed by atoms with Crippen molar-refractivity contribution in [3.63, 3.8) is 0 Å². The van der Waals surface area contributed by atoms with E-state index in [2.05, 4.69) is 10.0 Å². The first-order valence-corrected chi connectivity index (χ1v) is 10.9. The zero-order chi connectivity index (χ0) is 21.4. The molecule has 0 heterocycles. The predicted molar refractivity (Wildman–Crippen MR) is 114 cm³/mol. The Bertz CT molecular complexity index is 918. The van der Waals surface area contributed by atoms with Crippen molar-refractivity contribution in [1.29, 1.82) is 0 Å². The molecular formula is C20H26ClN3O4S. The van der Waals surface area contributed by atoms with Crippen LogP contribution in [-0.2, 0) is 14.8 Å². The molecule has 1 unspecified atom stereocenters. The van der Waals surface area contributed by atoms with Crippen molar-refractivity contribution in [2.75, 3.05) is 40.9 Å². The van der Waals surface area contributed by atoms with E-state index in [4.69, 9.17) is 16.3 Å². The zero-order valence-corrected chi connectivity index (χ0v) is 18.3. The zero-order valence-electron chi connectivity index (χ0n) is 16.7. The number of amides is 1. The van der Waals surface area contributed by atoms with Gasteiger partial charge in [-0.05, 0) is 50.0 Å². The van der Waals surface area contributed by atoms with E-state index in [0.717, 1.165) is 5.56 Å². The number of carbonyl (C=O) groups excluding carboxylic acids is 1. The number of halogens is 1. The van der Waals surface area contributed by atoms with Gasteiger partial charge >= 0.3 is 0 Å². The Morgan fingerprint density at radius 2 is 1.79 bits per heavy atom. The molecule has 2 aromatic rings. The van der Waals surface area contributed by atoms with Crippen LogP contribution in [0.4, 0.5) is 0 Å². The van der Waals surface area contributed by atoms with E-state index in [1.807, 2.05) is 43.3 Å². The molecule has 9 heteroatoms. The number of methoxy groups -OCH3 is 1. The number of sulfonamides is 1. The van der Waals surface area contributed by atoms with Gasteiger partial charge in [0.1, 0.15) is 0 Å². The number of nitrogens with zero attached hydrogens (tertiary/aromatic N) is 1. The molecule has 7 nitrogen and oxygen atoms in total. The van der Waals surface area contributed by atoms with E-state index in [1.54, 1.807) is 0 Å². The molecule has 0 bridgehead atoms. The molecule has 0 aliphatic carbocycles. The highest BCUT2D eigenvalue weighted by molar-refractivity contribution is 7.89. The average Bonchev–Trinajstić information content (AvgIpc) is 2.69. The number of likely N-dealkylation sites (N-methyl/N-ethyl adjacent to an activating group) is 1. The van der Waals surface area contributed by atoms with E-state index in [1.165, 1.54) is 31.4 Å². The third-order valence-corrected chi connectivity index (χ3v) is 6.19. The summed E-state index contributed by atoms with van der Waals surface area (Å²) in [5.74, 6) is -0.291. The second-order valence-electron chi connectivity index (χ2n) is 6.63. The molecule has 2 N–H and O–H groups in total. The van der Waals surface area contributed by atoms with Crippen molar-refractivity contribution < 1.29 is 17.9 Å². The van der Waals surface area contributed by atoms with Gasteiger partial charge in [0.05, 0.1) is 17.5 Å². The highest BCUT2D eigenvalue weighted by Gasteiger charge is 2.19. The first-order valence-electron chi connectivity index (χ1n) is 9.04. The largest absolute Gasteiger partial charge is 0.383 e. The number of hydrogen-bond acceptors (Lipinski definition) is 5. The lowest BCUT2D eigenvalue weighted by Gasteiger charge is -2.26. The van der Waals surface area contributed by atoms with Crippen LogP contribution >= 0.6 is 11.6 Å². The van der Waals surface area contributed by atoms with Gasteiger partial charge in [-0.15, -0.1) is 0 Å². The summed E-state index contributed by atoms with van der Waals surface area (Å²) in [6.45, 7) is 0.807. The number of ether oxygens (including phenoxy) is 1. The number of nitrogens with one attached hydrogen (secondary N) is 2. The third kappa shape index (κ3) is 6.52. The maximum absolute atomic E-state index is 12.5. The van der Waals surface area contributed by atoms with E-state index < -0.39 is 10.0 Å². The maximum atomic E-state index is 12.5. The summed E-state index contributed by atoms with van der Waals surface area (Å²) >= 11 is 6.29. The van der Waals surface area contributed by atoms with Gasteiger partial charge in [-0.25, -0.2) is 13.1 Å². The average molecular weight is 440 g/mol. The number of carbonyl (C=O) groups is 1. The van der Waals surface area contributed by atoms with Crippen molar-refractivity contribution >= 4 is 27.5 Å². The first-order chi connectivity index (χ1) is 13.8. The molecule has 1 amide bonds. The summed E-state index contributed by atoms with van der Waals surface area (Å²) in [5, 5.41) is 3.52. The Kier molecular flexibility index (Phi) is 8.60. The molecule has 0 saturated carbocycles. The minimum absolute atomic E-state index is 0.0902. The van der Waals surface area contributed by atoms with Gasteiger partial charge in [0.25, 0.3) is 5.91 Å². The van der Waals surface area contributed by atoms with Crippen LogP contribution in [0.1, 0.15) is 22.0 Å². The van der Waals surface area contributed by atoms with Gasteiger partial charge < -0.3 is 15.0 Å². The van der Waals surface area contributed by atoms with Crippen LogP contribution in [0.5, 0.6) is 0 Å². The number of hydrogen-bond donors (Lipinski definition) is 2. The predicted octanol–water partition coefficient (Wildman–Crippen LogP) is 2.30. The van der Waals surface area contributed by atoms with Gasteiger partial charge in [0.2, 0.25) is 10.0 Å². The normalized spacial score (nSPS) is 12.7. The monoisotopic (exact) mass is 439 g/mol. The highest BCUT2D eigenvalue weighted by Crippen LogP contribution is 2.25. The second-order valence-corrected chi connectivity index (χ2v) is 8.80. The quantitative estimate of drug-likeness (QED) is 0.554. The molecule has 158 valence electrons. The molecular weight excluding hydrogens is 414 g/mol. The third-order valence-electron chi connectivity index (χ3n) is 4.37. The summed E-state index contributed by atoms with van der Waals surface area (Å²) < 4.78 is 31.6. The van der Waals surface area contributed by atoms with Crippen molar-refractivity contribution in [3.05, 3.63) is 64.7 Å². The standard InChI is InChI=1S/C20H26ClN3O4S/c1-24(2)19(17-6-4-5-7-18(17)21)14-22-20(25)15-8-10-16(11-9-15)29(26,27)23-12-13-28-3/h4-11,19,23H,12-14H2,1-3H3,(H,22,25). The van der Waals surface area contributed by atoms with Crippen molar-refractivity contribution in [2.24, 2.45) is 0 Å². The van der Waals surface area contributed by atoms with E-state index in [9.17, 15) is 13.2 Å². The summed E-state index contributed by atoms with van der Waals surface area (Å²) in [6.07, 6.45) is 0. The van der Waals surface area contributed by atoms with Crippen molar-refractivity contribution in [1.82, 2.24) is 14.9 Å². The lowest BCUT2D eigenvalue weighted by atomic mass is 10.1. The summed E-state index contributed by atoms with van der Waals surface area (Å²) in [6, 6.07) is 13.2. The van der Waals surface area contributed by atoms with E-state index >= 15 is 0 Å². The Morgan fingerprint density at radius 1 is 1.14 bits per heavy atom. The fourth-order valence-corrected chi connectivity index (χ4v) is 4.03. The molecule has 0 radical (unpaired) electrons. The molecule has 0 saturated heterocycles. The van der Waals surface area contributed by atoms with Crippen LogP contribution in [0.15, 0.2) is 53.4 Å². The molecule has 1 atom stereocenters. The summed E-state index contributed by atoms with van der Waals surface area (Å²) in [7, 11) is 1.68. The molecule has 0 aromatic heterocycles. The Morgan fingerprint density at radius 3 is 2.38 bits per heavy atom. The summed E-state index contributed by atoms with van der Waals surface area (Å²) in [5.41, 5.74) is 1.29. The Labute approximate surface area is 177 Å². The van der Waals surface area contributed by atoms with Crippen LogP contribution in [0.2, 0.25) is 5.02 Å². The highest BCUT2D eigenvalue weighted by atomic mass is 35.5. The van der Waals surface area contributed by atoms with Crippen LogP contribution in [0.25, 0.3) is 0 Å². The maximum Gasteiger partial charge on any atom is 0.251 e. The molecule has 0 spiro atoms. The van der Waals surface area contributed by atoms with Crippen molar-refractivity contribution in [2.45, 2.75) is 10.9 Å². The van der Waals surface area contributed by atoms with Crippen LogP contribution < -0.4 is 10.0 Å². The second kappa shape index (κ2) is 10.7. The van der Waals surface area contributed by atoms with Gasteiger partial charge in [-0.3, -0.25) is 4.79 Å². The molecule has 2 aromatic carbocycles. The first kappa shape index (κ1) is 23.3. The molecule has 2 rings (SSSR count). The van der Waals surface area contributed by atoms with Crippen LogP contribution in [0.3, 0.4) is 0 Å². The van der Waals surface area contributed by atoms with Gasteiger partial charge in [0, 0.05) is 30.8 Å². The lowest BCUT2D eigenvalue weighted by Crippen LogP contribution is -2.34. The SMILES string of the molecule is COCCNS(=O)(=O)c1ccc(C(=O)NCC(c2ccccc2Cl)N(C)C)cc1. The number of rotatable bonds is 10. The lowest BCUT2D eigenvalue weighted by molar-refractivity contribution is 0.0942. The van der Waals surface area contributed by atoms with E-state index in [-0.39, 0.29) is 30.0 Å².